The van der Waals surface area contributed by atoms with E-state index in [9.17, 15) is 14.7 Å². The van der Waals surface area contributed by atoms with E-state index in [0.717, 1.165) is 71.2 Å². The predicted octanol–water partition coefficient (Wildman–Crippen LogP) is 4.67. The first-order valence-electron chi connectivity index (χ1n) is 14.6. The fourth-order valence-electron chi connectivity index (χ4n) is 6.00. The Morgan fingerprint density at radius 1 is 1.02 bits per heavy atom. The van der Waals surface area contributed by atoms with Gasteiger partial charge in [-0.25, -0.2) is 9.78 Å². The monoisotopic (exact) mass is 604 g/mol. The molecule has 43 heavy (non-hydrogen) atoms. The van der Waals surface area contributed by atoms with E-state index in [1.54, 1.807) is 30.1 Å². The molecule has 2 atom stereocenters. The molecule has 2 aliphatic heterocycles. The molecule has 2 fully saturated rings. The van der Waals surface area contributed by atoms with Crippen molar-refractivity contribution >= 4 is 38.3 Å². The van der Waals surface area contributed by atoms with E-state index >= 15 is 0 Å². The molecule has 11 heteroatoms. The third-order valence-electron chi connectivity index (χ3n) is 8.22. The van der Waals surface area contributed by atoms with Gasteiger partial charge in [0, 0.05) is 57.5 Å². The second-order valence-corrected chi connectivity index (χ2v) is 12.0. The number of rotatable bonds is 11. The molecule has 4 aromatic rings. The van der Waals surface area contributed by atoms with Crippen molar-refractivity contribution < 1.29 is 24.1 Å². The van der Waals surface area contributed by atoms with Crippen molar-refractivity contribution in [1.29, 1.82) is 0 Å². The molecular formula is C32H36N4O6S. The quantitative estimate of drug-likeness (QED) is 0.245. The van der Waals surface area contributed by atoms with Crippen LogP contribution in [0.2, 0.25) is 0 Å². The van der Waals surface area contributed by atoms with E-state index in [1.807, 2.05) is 42.5 Å². The number of nitrogens with zero attached hydrogens (tertiary/aromatic N) is 4. The molecule has 226 valence electrons. The van der Waals surface area contributed by atoms with Gasteiger partial charge in [0.25, 0.3) is 0 Å². The summed E-state index contributed by atoms with van der Waals surface area (Å²) in [4.78, 5) is 34.3. The smallest absolute Gasteiger partial charge is 0.341 e. The SMILES string of the molecule is COCCO[C@@H]1CCN(c2ccc(-c3cc(=O)c(C(=O)O)cn3-c3ccc4nc(N5CCC[C@@H]5COC)sc4c3)cc2)C1. The van der Waals surface area contributed by atoms with Crippen LogP contribution in [-0.4, -0.2) is 86.4 Å². The number of hydrogen-bond donors (Lipinski definition) is 1. The Bertz CT molecular complexity index is 1650. The molecule has 0 amide bonds. The molecular weight excluding hydrogens is 568 g/mol. The average Bonchev–Trinajstić information content (AvgIpc) is 3.77. The van der Waals surface area contributed by atoms with Crippen LogP contribution in [0.3, 0.4) is 0 Å². The molecule has 10 nitrogen and oxygen atoms in total. The van der Waals surface area contributed by atoms with Gasteiger partial charge in [-0.15, -0.1) is 0 Å². The maximum absolute atomic E-state index is 12.9. The summed E-state index contributed by atoms with van der Waals surface area (Å²) in [7, 11) is 3.40. The van der Waals surface area contributed by atoms with Gasteiger partial charge in [-0.2, -0.15) is 0 Å². The second-order valence-electron chi connectivity index (χ2n) is 11.0. The lowest BCUT2D eigenvalue weighted by molar-refractivity contribution is 0.0280. The summed E-state index contributed by atoms with van der Waals surface area (Å²) in [5.74, 6) is -1.25. The topological polar surface area (TPSA) is 106 Å². The minimum Gasteiger partial charge on any atom is -0.477 e. The lowest BCUT2D eigenvalue weighted by atomic mass is 10.1. The Morgan fingerprint density at radius 3 is 2.60 bits per heavy atom. The fraction of sp³-hybridized carbons (Fsp3) is 0.406. The Kier molecular flexibility index (Phi) is 8.75. The molecule has 4 heterocycles. The van der Waals surface area contributed by atoms with Crippen LogP contribution in [0.5, 0.6) is 0 Å². The van der Waals surface area contributed by atoms with Crippen LogP contribution in [0.25, 0.3) is 27.2 Å². The summed E-state index contributed by atoms with van der Waals surface area (Å²) in [6, 6.07) is 15.7. The highest BCUT2D eigenvalue weighted by Gasteiger charge is 2.27. The van der Waals surface area contributed by atoms with Gasteiger partial charge in [0.05, 0.1) is 47.9 Å². The van der Waals surface area contributed by atoms with Crippen LogP contribution >= 0.6 is 11.3 Å². The summed E-state index contributed by atoms with van der Waals surface area (Å²) >= 11 is 1.62. The van der Waals surface area contributed by atoms with Crippen molar-refractivity contribution in [1.82, 2.24) is 9.55 Å². The van der Waals surface area contributed by atoms with Gasteiger partial charge in [-0.3, -0.25) is 4.79 Å². The second kappa shape index (κ2) is 12.8. The number of hydrogen-bond acceptors (Lipinski definition) is 9. The molecule has 2 aromatic heterocycles. The third-order valence-corrected chi connectivity index (χ3v) is 9.27. The summed E-state index contributed by atoms with van der Waals surface area (Å²) in [6.07, 6.45) is 4.73. The van der Waals surface area contributed by atoms with Gasteiger partial charge >= 0.3 is 5.97 Å². The highest BCUT2D eigenvalue weighted by Crippen LogP contribution is 2.35. The molecule has 0 radical (unpaired) electrons. The highest BCUT2D eigenvalue weighted by molar-refractivity contribution is 7.22. The van der Waals surface area contributed by atoms with E-state index < -0.39 is 11.4 Å². The summed E-state index contributed by atoms with van der Waals surface area (Å²) in [5.41, 5.74) is 3.34. The molecule has 0 unspecified atom stereocenters. The normalized spacial score (nSPS) is 18.7. The molecule has 0 spiro atoms. The zero-order chi connectivity index (χ0) is 29.9. The van der Waals surface area contributed by atoms with Crippen LogP contribution in [0, 0.1) is 0 Å². The Labute approximate surface area is 254 Å². The third kappa shape index (κ3) is 6.16. The Balaban J connectivity index is 1.31. The van der Waals surface area contributed by atoms with Gasteiger partial charge in [0.2, 0.25) is 0 Å². The molecule has 0 bridgehead atoms. The number of aromatic carboxylic acids is 1. The standard InChI is InChI=1S/C32H36N4O6S/c1-40-14-15-42-25-11-13-34(18-25)22-7-5-21(6-8-22)28-17-29(37)26(31(38)39)19-36(28)23-9-10-27-30(16-23)43-32(33-27)35-12-3-4-24(35)20-41-2/h5-10,16-17,19,24-25H,3-4,11-15,18,20H2,1-2H3,(H,38,39)/t24-,25-/m1/s1. The summed E-state index contributed by atoms with van der Waals surface area (Å²) in [6.45, 7) is 4.48. The number of carboxylic acid groups (broad SMARTS) is 1. The molecule has 1 N–H and O–H groups in total. The molecule has 2 saturated heterocycles. The van der Waals surface area contributed by atoms with Crippen molar-refractivity contribution in [3.05, 3.63) is 70.5 Å². The van der Waals surface area contributed by atoms with Crippen molar-refractivity contribution in [2.24, 2.45) is 0 Å². The predicted molar refractivity (Wildman–Crippen MR) is 168 cm³/mol. The highest BCUT2D eigenvalue weighted by atomic mass is 32.1. The van der Waals surface area contributed by atoms with Crippen LogP contribution in [0.1, 0.15) is 29.6 Å². The molecule has 6 rings (SSSR count). The van der Waals surface area contributed by atoms with E-state index in [-0.39, 0.29) is 11.7 Å². The summed E-state index contributed by atoms with van der Waals surface area (Å²) < 4.78 is 19.2. The van der Waals surface area contributed by atoms with E-state index in [0.29, 0.717) is 31.6 Å². The van der Waals surface area contributed by atoms with Crippen LogP contribution in [-0.2, 0) is 14.2 Å². The Hall–Kier alpha value is -3.77. The Morgan fingerprint density at radius 2 is 1.84 bits per heavy atom. The van der Waals surface area contributed by atoms with Gasteiger partial charge in [0.15, 0.2) is 10.6 Å². The number of ether oxygens (including phenoxy) is 3. The number of methoxy groups -OCH3 is 2. The first-order valence-corrected chi connectivity index (χ1v) is 15.4. The minimum atomic E-state index is -1.25. The van der Waals surface area contributed by atoms with Crippen LogP contribution < -0.4 is 15.2 Å². The molecule has 2 aromatic carbocycles. The van der Waals surface area contributed by atoms with Crippen molar-refractivity contribution in [2.45, 2.75) is 31.4 Å². The number of carbonyl (C=O) groups is 1. The van der Waals surface area contributed by atoms with Crippen LogP contribution in [0.4, 0.5) is 10.8 Å². The van der Waals surface area contributed by atoms with E-state index in [2.05, 4.69) is 9.80 Å². The first kappa shape index (κ1) is 29.3. The number of pyridine rings is 1. The van der Waals surface area contributed by atoms with E-state index in [4.69, 9.17) is 19.2 Å². The van der Waals surface area contributed by atoms with Gasteiger partial charge < -0.3 is 33.7 Å². The zero-order valence-corrected chi connectivity index (χ0v) is 25.2. The summed E-state index contributed by atoms with van der Waals surface area (Å²) in [5, 5.41) is 10.7. The van der Waals surface area contributed by atoms with Crippen molar-refractivity contribution in [3.8, 4) is 16.9 Å². The largest absolute Gasteiger partial charge is 0.477 e. The maximum Gasteiger partial charge on any atom is 0.341 e. The van der Waals surface area contributed by atoms with Crippen molar-refractivity contribution in [2.75, 3.05) is 63.5 Å². The lowest BCUT2D eigenvalue weighted by Crippen LogP contribution is -2.32. The molecule has 0 aliphatic carbocycles. The fourth-order valence-corrected chi connectivity index (χ4v) is 7.09. The molecule has 0 saturated carbocycles. The average molecular weight is 605 g/mol. The van der Waals surface area contributed by atoms with Crippen LogP contribution in [0.15, 0.2) is 59.5 Å². The first-order chi connectivity index (χ1) is 20.9. The molecule has 2 aliphatic rings. The maximum atomic E-state index is 12.9. The zero-order valence-electron chi connectivity index (χ0n) is 24.4. The number of fused-ring (bicyclic) bond motifs is 1. The number of anilines is 2. The number of carboxylic acids is 1. The van der Waals surface area contributed by atoms with E-state index in [1.165, 1.54) is 12.3 Å². The number of benzene rings is 2. The number of aromatic nitrogens is 2. The lowest BCUT2D eigenvalue weighted by Gasteiger charge is -2.22. The minimum absolute atomic E-state index is 0.169. The van der Waals surface area contributed by atoms with Gasteiger partial charge in [-0.1, -0.05) is 23.5 Å². The van der Waals surface area contributed by atoms with Gasteiger partial charge in [-0.05, 0) is 55.2 Å². The number of thiazole rings is 1. The van der Waals surface area contributed by atoms with Gasteiger partial charge in [0.1, 0.15) is 5.56 Å². The van der Waals surface area contributed by atoms with Crippen molar-refractivity contribution in [3.63, 3.8) is 0 Å².